The molecule has 0 bridgehead atoms. The molecule has 5 rings (SSSR count). The van der Waals surface area contributed by atoms with Gasteiger partial charge in [-0.2, -0.15) is 0 Å². The van der Waals surface area contributed by atoms with Gasteiger partial charge >= 0.3 is 0 Å². The summed E-state index contributed by atoms with van der Waals surface area (Å²) < 4.78 is 11.8. The first-order valence-corrected chi connectivity index (χ1v) is 12.8. The molecule has 1 aliphatic rings. The van der Waals surface area contributed by atoms with E-state index in [1.54, 1.807) is 24.4 Å². The summed E-state index contributed by atoms with van der Waals surface area (Å²) >= 11 is 6.52. The minimum absolute atomic E-state index is 0.00950. The second-order valence-electron chi connectivity index (χ2n) is 9.31. The van der Waals surface area contributed by atoms with E-state index >= 15 is 0 Å². The van der Waals surface area contributed by atoms with Gasteiger partial charge in [0.25, 0.3) is 0 Å². The zero-order valence-electron chi connectivity index (χ0n) is 21.0. The highest BCUT2D eigenvalue weighted by Crippen LogP contribution is 2.32. The molecule has 0 aliphatic carbocycles. The summed E-state index contributed by atoms with van der Waals surface area (Å²) in [6, 6.07) is 14.3. The Morgan fingerprint density at radius 2 is 1.92 bits per heavy atom. The number of hydrogen-bond acceptors (Lipinski definition) is 7. The van der Waals surface area contributed by atoms with Crippen LogP contribution >= 0.6 is 11.6 Å². The van der Waals surface area contributed by atoms with Crippen LogP contribution in [-0.4, -0.2) is 51.4 Å². The van der Waals surface area contributed by atoms with Crippen molar-refractivity contribution in [2.45, 2.75) is 44.9 Å². The van der Waals surface area contributed by atoms with Crippen LogP contribution in [0.1, 0.15) is 42.6 Å². The number of rotatable bonds is 8. The van der Waals surface area contributed by atoms with E-state index < -0.39 is 0 Å². The molecule has 3 N–H and O–H groups in total. The molecule has 3 atom stereocenters. The Bertz CT molecular complexity index is 1450. The number of amides is 1. The number of nitrogens with zero attached hydrogens (tertiary/aromatic N) is 2. The average molecular weight is 534 g/mol. The molecule has 196 valence electrons. The van der Waals surface area contributed by atoms with Crippen LogP contribution in [0.2, 0.25) is 5.02 Å². The van der Waals surface area contributed by atoms with E-state index in [9.17, 15) is 9.59 Å². The fourth-order valence-corrected chi connectivity index (χ4v) is 4.91. The number of carbonyl (C=O) groups is 2. The van der Waals surface area contributed by atoms with Crippen LogP contribution in [0.4, 0.5) is 5.82 Å². The summed E-state index contributed by atoms with van der Waals surface area (Å²) in [5.41, 5.74) is 1.30. The van der Waals surface area contributed by atoms with Gasteiger partial charge in [-0.25, -0.2) is 9.97 Å². The molecule has 9 nitrogen and oxygen atoms in total. The predicted molar refractivity (Wildman–Crippen MR) is 145 cm³/mol. The lowest BCUT2D eigenvalue weighted by Gasteiger charge is -2.33. The van der Waals surface area contributed by atoms with Gasteiger partial charge < -0.3 is 25.1 Å². The molecule has 1 saturated heterocycles. The lowest BCUT2D eigenvalue weighted by atomic mass is 9.99. The van der Waals surface area contributed by atoms with Gasteiger partial charge in [0.1, 0.15) is 29.3 Å². The summed E-state index contributed by atoms with van der Waals surface area (Å²) in [6.07, 6.45) is 4.62. The molecule has 0 saturated carbocycles. The molecule has 1 fully saturated rings. The smallest absolute Gasteiger partial charge is 0.217 e. The highest BCUT2D eigenvalue weighted by Gasteiger charge is 2.28. The third kappa shape index (κ3) is 5.64. The highest BCUT2D eigenvalue weighted by atomic mass is 35.5. The number of benzene rings is 2. The molecule has 10 heteroatoms. The number of aromatic nitrogens is 3. The number of para-hydroxylation sites is 1. The minimum atomic E-state index is -0.255. The van der Waals surface area contributed by atoms with Crippen molar-refractivity contribution in [2.75, 3.05) is 11.9 Å². The van der Waals surface area contributed by atoms with Gasteiger partial charge in [0.15, 0.2) is 5.78 Å². The van der Waals surface area contributed by atoms with Crippen molar-refractivity contribution in [3.8, 4) is 11.5 Å². The monoisotopic (exact) mass is 533 g/mol. The molecule has 0 spiro atoms. The number of nitrogens with one attached hydrogen (secondary N) is 3. The van der Waals surface area contributed by atoms with Crippen LogP contribution in [0.25, 0.3) is 11.0 Å². The van der Waals surface area contributed by atoms with Crippen molar-refractivity contribution in [1.82, 2.24) is 20.3 Å². The first kappa shape index (κ1) is 25.7. The molecule has 0 radical (unpaired) electrons. The van der Waals surface area contributed by atoms with Crippen LogP contribution in [0.5, 0.6) is 11.5 Å². The Kier molecular flexibility index (Phi) is 7.57. The van der Waals surface area contributed by atoms with Gasteiger partial charge in [-0.1, -0.05) is 29.8 Å². The number of aromatic amines is 1. The lowest BCUT2D eigenvalue weighted by molar-refractivity contribution is -0.121. The quantitative estimate of drug-likeness (QED) is 0.269. The second kappa shape index (κ2) is 11.2. The Balaban J connectivity index is 1.33. The SMILES string of the molecule is CC(=O)N[C@H](C)[C@@H]1CC[C@@H](Nc2ncnc3[nH]cc(C(=O)c4ccc(Oc5ccccc5)cc4Cl)c23)CO1. The molecule has 0 unspecified atom stereocenters. The number of H-pyrrole nitrogens is 1. The third-order valence-electron chi connectivity index (χ3n) is 6.52. The van der Waals surface area contributed by atoms with Gasteiger partial charge in [-0.3, -0.25) is 9.59 Å². The fraction of sp³-hybridized carbons (Fsp3) is 0.286. The highest BCUT2D eigenvalue weighted by molar-refractivity contribution is 6.35. The number of fused-ring (bicyclic) bond motifs is 1. The Labute approximate surface area is 224 Å². The predicted octanol–water partition coefficient (Wildman–Crippen LogP) is 5.12. The number of carbonyl (C=O) groups excluding carboxylic acids is 2. The largest absolute Gasteiger partial charge is 0.457 e. The number of ether oxygens (including phenoxy) is 2. The number of ketones is 1. The molecule has 38 heavy (non-hydrogen) atoms. The van der Waals surface area contributed by atoms with Crippen LogP contribution in [-0.2, 0) is 9.53 Å². The minimum Gasteiger partial charge on any atom is -0.457 e. The summed E-state index contributed by atoms with van der Waals surface area (Å²) in [7, 11) is 0. The maximum Gasteiger partial charge on any atom is 0.217 e. The van der Waals surface area contributed by atoms with Crippen molar-refractivity contribution in [1.29, 1.82) is 0 Å². The van der Waals surface area contributed by atoms with Crippen LogP contribution < -0.4 is 15.4 Å². The zero-order chi connectivity index (χ0) is 26.6. The van der Waals surface area contributed by atoms with Crippen molar-refractivity contribution in [2.24, 2.45) is 0 Å². The Hall–Kier alpha value is -3.95. The summed E-state index contributed by atoms with van der Waals surface area (Å²) in [6.45, 7) is 3.89. The molecule has 2 aromatic heterocycles. The maximum absolute atomic E-state index is 13.6. The second-order valence-corrected chi connectivity index (χ2v) is 9.72. The summed E-state index contributed by atoms with van der Waals surface area (Å²) in [4.78, 5) is 36.7. The Morgan fingerprint density at radius 1 is 1.11 bits per heavy atom. The maximum atomic E-state index is 13.6. The summed E-state index contributed by atoms with van der Waals surface area (Å²) in [5.74, 6) is 1.42. The summed E-state index contributed by atoms with van der Waals surface area (Å²) in [5, 5.41) is 7.18. The zero-order valence-corrected chi connectivity index (χ0v) is 21.8. The first-order chi connectivity index (χ1) is 18.4. The topological polar surface area (TPSA) is 118 Å². The molecule has 1 amide bonds. The van der Waals surface area contributed by atoms with Crippen LogP contribution in [0.15, 0.2) is 61.1 Å². The van der Waals surface area contributed by atoms with E-state index in [0.717, 1.165) is 12.8 Å². The number of anilines is 1. The van der Waals surface area contributed by atoms with E-state index in [-0.39, 0.29) is 34.9 Å². The van der Waals surface area contributed by atoms with Crippen molar-refractivity contribution in [3.63, 3.8) is 0 Å². The van der Waals surface area contributed by atoms with Crippen LogP contribution in [0.3, 0.4) is 0 Å². The van der Waals surface area contributed by atoms with Gasteiger partial charge in [-0.15, -0.1) is 0 Å². The molecular weight excluding hydrogens is 506 g/mol. The normalized spacial score (nSPS) is 18.1. The molecule has 3 heterocycles. The molecule has 4 aromatic rings. The third-order valence-corrected chi connectivity index (χ3v) is 6.83. The van der Waals surface area contributed by atoms with Gasteiger partial charge in [0, 0.05) is 24.8 Å². The average Bonchev–Trinajstić information content (AvgIpc) is 3.34. The molecule has 2 aromatic carbocycles. The Morgan fingerprint density at radius 3 is 2.63 bits per heavy atom. The standard InChI is InChI=1S/C28H28ClN5O4/c1-16(33-17(2)35)24-11-8-18(14-37-24)34-28-25-22(13-30-27(25)31-15-32-28)26(36)21-10-9-20(12-23(21)29)38-19-6-4-3-5-7-19/h3-7,9-10,12-13,15-16,18,24H,8,11,14H2,1-2H3,(H,33,35)(H2,30,31,32,34)/t16-,18-,24+/m1/s1. The van der Waals surface area contributed by atoms with Crippen LogP contribution in [0, 0.1) is 0 Å². The van der Waals surface area contributed by atoms with Crippen molar-refractivity contribution >= 4 is 40.1 Å². The fourth-order valence-electron chi connectivity index (χ4n) is 4.65. The first-order valence-electron chi connectivity index (χ1n) is 12.4. The van der Waals surface area contributed by atoms with Gasteiger partial charge in [0.05, 0.1) is 40.8 Å². The van der Waals surface area contributed by atoms with Gasteiger partial charge in [-0.05, 0) is 44.0 Å². The lowest BCUT2D eigenvalue weighted by Crippen LogP contribution is -2.46. The van der Waals surface area contributed by atoms with E-state index in [1.807, 2.05) is 37.3 Å². The van der Waals surface area contributed by atoms with Crippen molar-refractivity contribution in [3.05, 3.63) is 77.2 Å². The van der Waals surface area contributed by atoms with E-state index in [1.165, 1.54) is 13.3 Å². The van der Waals surface area contributed by atoms with E-state index in [4.69, 9.17) is 21.1 Å². The van der Waals surface area contributed by atoms with Gasteiger partial charge in [0.2, 0.25) is 5.91 Å². The molecule has 1 aliphatic heterocycles. The number of hydrogen-bond donors (Lipinski definition) is 3. The van der Waals surface area contributed by atoms with Crippen molar-refractivity contribution < 1.29 is 19.1 Å². The molecular formula is C28H28ClN5O4. The van der Waals surface area contributed by atoms with E-state index in [0.29, 0.717) is 46.1 Å². The number of halogens is 1. The van der Waals surface area contributed by atoms with E-state index in [2.05, 4.69) is 25.6 Å².